The zero-order valence-corrected chi connectivity index (χ0v) is 7.47. The van der Waals surface area contributed by atoms with E-state index in [1.54, 1.807) is 0 Å². The number of rotatable bonds is 2. The number of halogens is 3. The second kappa shape index (κ2) is 2.86. The van der Waals surface area contributed by atoms with E-state index in [-0.39, 0.29) is 12.0 Å². The Kier molecular flexibility index (Phi) is 1.90. The SMILES string of the molecule is Cn1c(NC2CC2)nnc1C(F)(F)F. The molecule has 1 aromatic rings. The smallest absolute Gasteiger partial charge is 0.352 e. The van der Waals surface area contributed by atoms with Crippen molar-refractivity contribution >= 4 is 5.95 Å². The molecule has 1 heterocycles. The van der Waals surface area contributed by atoms with Gasteiger partial charge in [-0.25, -0.2) is 0 Å². The van der Waals surface area contributed by atoms with E-state index in [1.807, 2.05) is 0 Å². The van der Waals surface area contributed by atoms with Crippen LogP contribution >= 0.6 is 0 Å². The van der Waals surface area contributed by atoms with E-state index < -0.39 is 12.0 Å². The van der Waals surface area contributed by atoms with E-state index in [4.69, 9.17) is 0 Å². The molecule has 0 atom stereocenters. The third-order valence-electron chi connectivity index (χ3n) is 2.04. The largest absolute Gasteiger partial charge is 0.451 e. The van der Waals surface area contributed by atoms with Crippen LogP contribution in [0.1, 0.15) is 18.7 Å². The summed E-state index contributed by atoms with van der Waals surface area (Å²) in [5, 5.41) is 9.40. The third-order valence-corrected chi connectivity index (χ3v) is 2.04. The van der Waals surface area contributed by atoms with E-state index >= 15 is 0 Å². The number of nitrogens with one attached hydrogen (secondary N) is 1. The first kappa shape index (κ1) is 9.29. The Morgan fingerprint density at radius 2 is 2.00 bits per heavy atom. The molecule has 7 heteroatoms. The molecular formula is C7H9F3N4. The molecule has 0 aromatic carbocycles. The number of hydrogen-bond acceptors (Lipinski definition) is 3. The van der Waals surface area contributed by atoms with Crippen LogP contribution in [0.5, 0.6) is 0 Å². The number of hydrogen-bond donors (Lipinski definition) is 1. The first-order chi connectivity index (χ1) is 6.48. The van der Waals surface area contributed by atoms with E-state index in [0.29, 0.717) is 0 Å². The number of anilines is 1. The normalized spacial score (nSPS) is 17.1. The van der Waals surface area contributed by atoms with Gasteiger partial charge in [-0.05, 0) is 12.8 Å². The maximum Gasteiger partial charge on any atom is 0.451 e. The van der Waals surface area contributed by atoms with E-state index in [0.717, 1.165) is 17.4 Å². The first-order valence-electron chi connectivity index (χ1n) is 4.21. The summed E-state index contributed by atoms with van der Waals surface area (Å²) in [4.78, 5) is 0. The lowest BCUT2D eigenvalue weighted by Crippen LogP contribution is -2.14. The minimum absolute atomic E-state index is 0.180. The topological polar surface area (TPSA) is 42.7 Å². The summed E-state index contributed by atoms with van der Waals surface area (Å²) in [5.74, 6) is -0.791. The predicted octanol–water partition coefficient (Wildman–Crippen LogP) is 1.41. The molecule has 1 aromatic heterocycles. The van der Waals surface area contributed by atoms with Crippen molar-refractivity contribution in [3.8, 4) is 0 Å². The molecule has 0 radical (unpaired) electrons. The lowest BCUT2D eigenvalue weighted by Gasteiger charge is -2.06. The molecule has 14 heavy (non-hydrogen) atoms. The van der Waals surface area contributed by atoms with E-state index in [9.17, 15) is 13.2 Å². The van der Waals surface area contributed by atoms with Crippen molar-refractivity contribution in [3.63, 3.8) is 0 Å². The molecule has 1 N–H and O–H groups in total. The van der Waals surface area contributed by atoms with Crippen LogP contribution < -0.4 is 5.32 Å². The van der Waals surface area contributed by atoms with Crippen LogP contribution in [0.2, 0.25) is 0 Å². The minimum atomic E-state index is -4.44. The zero-order valence-electron chi connectivity index (χ0n) is 7.47. The standard InChI is InChI=1S/C7H9F3N4/c1-14-5(7(8,9)10)12-13-6(14)11-4-2-3-4/h4H,2-3H2,1H3,(H,11,13). The predicted molar refractivity (Wildman–Crippen MR) is 42.6 cm³/mol. The second-order valence-corrected chi connectivity index (χ2v) is 3.32. The van der Waals surface area contributed by atoms with Gasteiger partial charge in [-0.1, -0.05) is 0 Å². The molecule has 78 valence electrons. The van der Waals surface area contributed by atoms with Gasteiger partial charge in [-0.15, -0.1) is 10.2 Å². The molecular weight excluding hydrogens is 197 g/mol. The average Bonchev–Trinajstić information content (AvgIpc) is 2.76. The van der Waals surface area contributed by atoms with Crippen molar-refractivity contribution in [2.45, 2.75) is 25.1 Å². The van der Waals surface area contributed by atoms with Gasteiger partial charge < -0.3 is 5.32 Å². The quantitative estimate of drug-likeness (QED) is 0.795. The van der Waals surface area contributed by atoms with Crippen molar-refractivity contribution in [1.82, 2.24) is 14.8 Å². The van der Waals surface area contributed by atoms with Gasteiger partial charge >= 0.3 is 6.18 Å². The van der Waals surface area contributed by atoms with Gasteiger partial charge in [-0.2, -0.15) is 13.2 Å². The highest BCUT2D eigenvalue weighted by Crippen LogP contribution is 2.30. The molecule has 0 aliphatic heterocycles. The van der Waals surface area contributed by atoms with E-state index in [1.165, 1.54) is 7.05 Å². The van der Waals surface area contributed by atoms with Gasteiger partial charge in [0.25, 0.3) is 0 Å². The third kappa shape index (κ3) is 1.66. The minimum Gasteiger partial charge on any atom is -0.352 e. The Balaban J connectivity index is 2.22. The Labute approximate surface area is 78.1 Å². The van der Waals surface area contributed by atoms with Crippen molar-refractivity contribution in [2.75, 3.05) is 5.32 Å². The highest BCUT2D eigenvalue weighted by Gasteiger charge is 2.38. The molecule has 2 rings (SSSR count). The van der Waals surface area contributed by atoms with Crippen LogP contribution in [0.25, 0.3) is 0 Å². The molecule has 0 unspecified atom stereocenters. The van der Waals surface area contributed by atoms with E-state index in [2.05, 4.69) is 15.5 Å². The van der Waals surface area contributed by atoms with Gasteiger partial charge in [0.05, 0.1) is 0 Å². The Morgan fingerprint density at radius 3 is 2.43 bits per heavy atom. The molecule has 0 amide bonds. The summed E-state index contributed by atoms with van der Waals surface area (Å²) in [6, 6.07) is 0.263. The fraction of sp³-hybridized carbons (Fsp3) is 0.714. The lowest BCUT2D eigenvalue weighted by atomic mass is 10.6. The summed E-state index contributed by atoms with van der Waals surface area (Å²) in [6.45, 7) is 0. The number of alkyl halides is 3. The average molecular weight is 206 g/mol. The molecule has 0 bridgehead atoms. The van der Waals surface area contributed by atoms with Gasteiger partial charge in [-0.3, -0.25) is 4.57 Å². The van der Waals surface area contributed by atoms with Crippen LogP contribution in [-0.2, 0) is 13.2 Å². The van der Waals surface area contributed by atoms with Crippen molar-refractivity contribution in [3.05, 3.63) is 5.82 Å². The van der Waals surface area contributed by atoms with Gasteiger partial charge in [0, 0.05) is 13.1 Å². The van der Waals surface area contributed by atoms with Crippen molar-refractivity contribution < 1.29 is 13.2 Å². The molecule has 1 aliphatic carbocycles. The maximum absolute atomic E-state index is 12.3. The maximum atomic E-state index is 12.3. The molecule has 4 nitrogen and oxygen atoms in total. The van der Waals surface area contributed by atoms with Crippen LogP contribution in [-0.4, -0.2) is 20.8 Å². The Morgan fingerprint density at radius 1 is 1.36 bits per heavy atom. The van der Waals surface area contributed by atoms with Crippen LogP contribution in [0, 0.1) is 0 Å². The monoisotopic (exact) mass is 206 g/mol. The number of nitrogens with zero attached hydrogens (tertiary/aromatic N) is 3. The summed E-state index contributed by atoms with van der Waals surface area (Å²) in [6.07, 6.45) is -2.48. The zero-order chi connectivity index (χ0) is 10.3. The summed E-state index contributed by atoms with van der Waals surface area (Å²) in [5.41, 5.74) is 0. The fourth-order valence-electron chi connectivity index (χ4n) is 1.11. The van der Waals surface area contributed by atoms with Gasteiger partial charge in [0.15, 0.2) is 0 Å². The molecule has 1 saturated carbocycles. The summed E-state index contributed by atoms with van der Waals surface area (Å²) in [7, 11) is 1.30. The van der Waals surface area contributed by atoms with Gasteiger partial charge in [0.2, 0.25) is 11.8 Å². The molecule has 0 spiro atoms. The molecule has 1 aliphatic rings. The van der Waals surface area contributed by atoms with Crippen molar-refractivity contribution in [2.24, 2.45) is 7.05 Å². The number of aromatic nitrogens is 3. The fourth-order valence-corrected chi connectivity index (χ4v) is 1.11. The lowest BCUT2D eigenvalue weighted by molar-refractivity contribution is -0.146. The van der Waals surface area contributed by atoms with Crippen LogP contribution in [0.15, 0.2) is 0 Å². The molecule has 1 fully saturated rings. The summed E-state index contributed by atoms with van der Waals surface area (Å²) >= 11 is 0. The van der Waals surface area contributed by atoms with Crippen molar-refractivity contribution in [1.29, 1.82) is 0 Å². The highest BCUT2D eigenvalue weighted by atomic mass is 19.4. The van der Waals surface area contributed by atoms with Gasteiger partial charge in [0.1, 0.15) is 0 Å². The highest BCUT2D eigenvalue weighted by molar-refractivity contribution is 5.29. The van der Waals surface area contributed by atoms with Crippen LogP contribution in [0.3, 0.4) is 0 Å². The van der Waals surface area contributed by atoms with Crippen LogP contribution in [0.4, 0.5) is 19.1 Å². The second-order valence-electron chi connectivity index (χ2n) is 3.32. The molecule has 0 saturated heterocycles. The Hall–Kier alpha value is -1.27. The summed E-state index contributed by atoms with van der Waals surface area (Å²) < 4.78 is 37.7. The first-order valence-corrected chi connectivity index (χ1v) is 4.21. The Bertz CT molecular complexity index is 339.